The number of amides is 1. The van der Waals surface area contributed by atoms with Crippen molar-refractivity contribution < 1.29 is 4.79 Å². The van der Waals surface area contributed by atoms with Crippen LogP contribution in [-0.2, 0) is 4.79 Å². The third kappa shape index (κ3) is 5.11. The molecule has 0 bridgehead atoms. The van der Waals surface area contributed by atoms with Gasteiger partial charge in [0.05, 0.1) is 10.7 Å². The Hall–Kier alpha value is -0.750. The summed E-state index contributed by atoms with van der Waals surface area (Å²) >= 11 is 15.3. The summed E-state index contributed by atoms with van der Waals surface area (Å²) in [5, 5.41) is 3.18. The Kier molecular flexibility index (Phi) is 7.21. The number of carbonyl (C=O) groups is 1. The number of carbonyl (C=O) groups excluding carboxylic acids is 1. The molecule has 0 aliphatic rings. The molecule has 124 valence electrons. The lowest BCUT2D eigenvalue weighted by atomic mass is 10.2. The van der Waals surface area contributed by atoms with Crippen molar-refractivity contribution in [3.05, 3.63) is 33.6 Å². The summed E-state index contributed by atoms with van der Waals surface area (Å²) in [6.07, 6.45) is 0.531. The molecule has 1 amide bonds. The second-order valence-electron chi connectivity index (χ2n) is 4.79. The van der Waals surface area contributed by atoms with Gasteiger partial charge in [0, 0.05) is 41.2 Å². The van der Waals surface area contributed by atoms with Crippen LogP contribution < -0.4 is 0 Å². The lowest BCUT2D eigenvalue weighted by Gasteiger charge is -2.17. The lowest BCUT2D eigenvalue weighted by Crippen LogP contribution is -2.30. The summed E-state index contributed by atoms with van der Waals surface area (Å²) < 4.78 is 0.943. The molecule has 1 aromatic carbocycles. The standard InChI is InChI=1S/C16H18Cl2N2OS2/c1-3-20(4-2)15(21)7-8-22-16-19-14(10-23-16)12-6-5-11(17)9-13(12)18/h5-6,9-10H,3-4,7-8H2,1-2H3. The van der Waals surface area contributed by atoms with Crippen LogP contribution in [0.15, 0.2) is 27.9 Å². The van der Waals surface area contributed by atoms with Gasteiger partial charge in [-0.2, -0.15) is 0 Å². The van der Waals surface area contributed by atoms with Crippen molar-refractivity contribution in [2.24, 2.45) is 0 Å². The molecule has 1 heterocycles. The third-order valence-electron chi connectivity index (χ3n) is 3.35. The summed E-state index contributed by atoms with van der Waals surface area (Å²) in [5.74, 6) is 0.927. The van der Waals surface area contributed by atoms with Gasteiger partial charge >= 0.3 is 0 Å². The van der Waals surface area contributed by atoms with Gasteiger partial charge in [0.2, 0.25) is 5.91 Å². The molecule has 2 aromatic rings. The van der Waals surface area contributed by atoms with E-state index in [1.54, 1.807) is 35.2 Å². The average Bonchev–Trinajstić information content (AvgIpc) is 2.97. The second kappa shape index (κ2) is 8.92. The second-order valence-corrected chi connectivity index (χ2v) is 7.83. The fourth-order valence-corrected chi connectivity index (χ4v) is 4.43. The first-order chi connectivity index (χ1) is 11.0. The fourth-order valence-electron chi connectivity index (χ4n) is 2.10. The predicted octanol–water partition coefficient (Wildman–Crippen LogP) is 5.47. The van der Waals surface area contributed by atoms with Gasteiger partial charge in [-0.1, -0.05) is 35.0 Å². The van der Waals surface area contributed by atoms with Crippen molar-refractivity contribution in [1.29, 1.82) is 0 Å². The summed E-state index contributed by atoms with van der Waals surface area (Å²) in [4.78, 5) is 18.4. The number of benzene rings is 1. The van der Waals surface area contributed by atoms with Crippen molar-refractivity contribution in [1.82, 2.24) is 9.88 Å². The first kappa shape index (κ1) is 18.6. The normalized spacial score (nSPS) is 10.8. The van der Waals surface area contributed by atoms with Gasteiger partial charge in [-0.15, -0.1) is 11.3 Å². The Labute approximate surface area is 155 Å². The van der Waals surface area contributed by atoms with Crippen molar-refractivity contribution in [2.75, 3.05) is 18.8 Å². The highest BCUT2D eigenvalue weighted by molar-refractivity contribution is 8.01. The summed E-state index contributed by atoms with van der Waals surface area (Å²) in [6.45, 7) is 5.52. The van der Waals surface area contributed by atoms with Gasteiger partial charge in [0.25, 0.3) is 0 Å². The smallest absolute Gasteiger partial charge is 0.223 e. The zero-order chi connectivity index (χ0) is 16.8. The van der Waals surface area contributed by atoms with Crippen molar-refractivity contribution in [3.8, 4) is 11.3 Å². The molecule has 0 aliphatic carbocycles. The Morgan fingerprint density at radius 3 is 2.70 bits per heavy atom. The quantitative estimate of drug-likeness (QED) is 0.589. The van der Waals surface area contributed by atoms with E-state index >= 15 is 0 Å². The largest absolute Gasteiger partial charge is 0.343 e. The topological polar surface area (TPSA) is 33.2 Å². The number of rotatable bonds is 7. The highest BCUT2D eigenvalue weighted by atomic mass is 35.5. The molecule has 2 rings (SSSR count). The number of hydrogen-bond donors (Lipinski definition) is 0. The van der Waals surface area contributed by atoms with E-state index < -0.39 is 0 Å². The molecule has 0 atom stereocenters. The number of aromatic nitrogens is 1. The van der Waals surface area contributed by atoms with Gasteiger partial charge in [0.15, 0.2) is 4.34 Å². The van der Waals surface area contributed by atoms with Crippen LogP contribution in [0.5, 0.6) is 0 Å². The molecule has 0 N–H and O–H groups in total. The van der Waals surface area contributed by atoms with Gasteiger partial charge in [-0.3, -0.25) is 4.79 Å². The predicted molar refractivity (Wildman–Crippen MR) is 101 cm³/mol. The Balaban J connectivity index is 1.94. The molecule has 1 aromatic heterocycles. The molecule has 3 nitrogen and oxygen atoms in total. The Morgan fingerprint density at radius 1 is 1.30 bits per heavy atom. The monoisotopic (exact) mass is 388 g/mol. The number of halogens is 2. The molecular weight excluding hydrogens is 371 g/mol. The van der Waals surface area contributed by atoms with E-state index in [-0.39, 0.29) is 5.91 Å². The van der Waals surface area contributed by atoms with Gasteiger partial charge in [0.1, 0.15) is 0 Å². The molecule has 0 fully saturated rings. The van der Waals surface area contributed by atoms with E-state index in [0.717, 1.165) is 34.4 Å². The average molecular weight is 389 g/mol. The van der Waals surface area contributed by atoms with E-state index in [2.05, 4.69) is 4.98 Å². The van der Waals surface area contributed by atoms with E-state index in [9.17, 15) is 4.79 Å². The van der Waals surface area contributed by atoms with Crippen LogP contribution in [0, 0.1) is 0 Å². The zero-order valence-electron chi connectivity index (χ0n) is 13.0. The third-order valence-corrected chi connectivity index (χ3v) is 5.92. The molecule has 0 unspecified atom stereocenters. The van der Waals surface area contributed by atoms with Crippen LogP contribution in [0.4, 0.5) is 0 Å². The maximum Gasteiger partial charge on any atom is 0.223 e. The van der Waals surface area contributed by atoms with Crippen molar-refractivity contribution >= 4 is 52.2 Å². The molecule has 0 saturated carbocycles. The number of thiazole rings is 1. The first-order valence-corrected chi connectivity index (χ1v) is 9.98. The highest BCUT2D eigenvalue weighted by Gasteiger charge is 2.12. The minimum absolute atomic E-state index is 0.194. The zero-order valence-corrected chi connectivity index (χ0v) is 16.2. The van der Waals surface area contributed by atoms with Crippen LogP contribution in [0.25, 0.3) is 11.3 Å². The van der Waals surface area contributed by atoms with Crippen molar-refractivity contribution in [2.45, 2.75) is 24.6 Å². The maximum atomic E-state index is 12.0. The Morgan fingerprint density at radius 2 is 2.04 bits per heavy atom. The van der Waals surface area contributed by atoms with Gasteiger partial charge in [-0.25, -0.2) is 4.98 Å². The highest BCUT2D eigenvalue weighted by Crippen LogP contribution is 2.33. The number of thioether (sulfide) groups is 1. The van der Waals surface area contributed by atoms with E-state index in [0.29, 0.717) is 16.5 Å². The molecule has 23 heavy (non-hydrogen) atoms. The summed E-state index contributed by atoms with van der Waals surface area (Å²) in [5.41, 5.74) is 1.72. The molecule has 0 radical (unpaired) electrons. The van der Waals surface area contributed by atoms with Crippen molar-refractivity contribution in [3.63, 3.8) is 0 Å². The Bertz CT molecular complexity index is 672. The first-order valence-electron chi connectivity index (χ1n) is 7.36. The minimum Gasteiger partial charge on any atom is -0.343 e. The molecule has 7 heteroatoms. The van der Waals surface area contributed by atoms with Gasteiger partial charge in [-0.05, 0) is 32.0 Å². The van der Waals surface area contributed by atoms with E-state index in [4.69, 9.17) is 23.2 Å². The number of nitrogens with zero attached hydrogens (tertiary/aromatic N) is 2. The molecule has 0 saturated heterocycles. The SMILES string of the molecule is CCN(CC)C(=O)CCSc1nc(-c2ccc(Cl)cc2Cl)cs1. The summed E-state index contributed by atoms with van der Waals surface area (Å²) in [7, 11) is 0. The molecule has 0 spiro atoms. The summed E-state index contributed by atoms with van der Waals surface area (Å²) in [6, 6.07) is 5.39. The fraction of sp³-hybridized carbons (Fsp3) is 0.375. The lowest BCUT2D eigenvalue weighted by molar-refractivity contribution is -0.130. The van der Waals surface area contributed by atoms with Crippen LogP contribution in [0.1, 0.15) is 20.3 Å². The van der Waals surface area contributed by atoms with Crippen LogP contribution in [0.2, 0.25) is 10.0 Å². The van der Waals surface area contributed by atoms with Gasteiger partial charge < -0.3 is 4.90 Å². The van der Waals surface area contributed by atoms with Crippen LogP contribution in [-0.4, -0.2) is 34.6 Å². The van der Waals surface area contributed by atoms with Crippen LogP contribution >= 0.6 is 46.3 Å². The minimum atomic E-state index is 0.194. The number of hydrogen-bond acceptors (Lipinski definition) is 4. The molecular formula is C16H18Cl2N2OS2. The van der Waals surface area contributed by atoms with E-state index in [1.807, 2.05) is 30.2 Å². The maximum absolute atomic E-state index is 12.0. The van der Waals surface area contributed by atoms with Crippen LogP contribution in [0.3, 0.4) is 0 Å². The molecule has 0 aliphatic heterocycles. The van der Waals surface area contributed by atoms with E-state index in [1.165, 1.54) is 0 Å².